The van der Waals surface area contributed by atoms with Crippen molar-refractivity contribution in [1.29, 1.82) is 0 Å². The lowest BCUT2D eigenvalue weighted by molar-refractivity contribution is -0.384. The number of rotatable bonds is 8. The molecule has 20 heavy (non-hydrogen) atoms. The van der Waals surface area contributed by atoms with Gasteiger partial charge in [0.2, 0.25) is 0 Å². The monoisotopic (exact) mass is 282 g/mol. The maximum atomic E-state index is 10.9. The van der Waals surface area contributed by atoms with Crippen LogP contribution in [0.5, 0.6) is 0 Å². The number of nitro groups is 1. The Balaban J connectivity index is 2.99. The molecule has 0 bridgehead atoms. The summed E-state index contributed by atoms with van der Waals surface area (Å²) in [6.45, 7) is 6.64. The van der Waals surface area contributed by atoms with Crippen LogP contribution in [0, 0.1) is 16.0 Å². The van der Waals surface area contributed by atoms with Crippen molar-refractivity contribution in [3.63, 3.8) is 0 Å². The van der Waals surface area contributed by atoms with Gasteiger partial charge in [-0.1, -0.05) is 13.8 Å². The molecule has 1 rings (SSSR count). The number of aliphatic hydroxyl groups excluding tert-OH is 1. The minimum Gasteiger partial charge on any atom is -0.396 e. The molecule has 0 aliphatic rings. The number of nitrogens with zero attached hydrogens (tertiary/aromatic N) is 2. The first-order valence-electron chi connectivity index (χ1n) is 6.75. The second-order valence-electron chi connectivity index (χ2n) is 4.89. The lowest BCUT2D eigenvalue weighted by Gasteiger charge is -2.22. The van der Waals surface area contributed by atoms with Gasteiger partial charge >= 0.3 is 0 Å². The fraction of sp³-hybridized carbons (Fsp3) is 0.615. The minimum absolute atomic E-state index is 0.00930. The van der Waals surface area contributed by atoms with Gasteiger partial charge in [0.25, 0.3) is 5.69 Å². The van der Waals surface area contributed by atoms with Crippen molar-refractivity contribution in [2.75, 3.05) is 23.8 Å². The molecular weight excluding hydrogens is 260 g/mol. The molecule has 0 fully saturated rings. The van der Waals surface area contributed by atoms with E-state index in [0.29, 0.717) is 24.6 Å². The molecule has 0 aliphatic heterocycles. The number of anilines is 2. The van der Waals surface area contributed by atoms with Crippen LogP contribution in [-0.4, -0.2) is 34.2 Å². The molecule has 0 radical (unpaired) electrons. The van der Waals surface area contributed by atoms with E-state index < -0.39 is 4.92 Å². The van der Waals surface area contributed by atoms with Gasteiger partial charge in [-0.15, -0.1) is 0 Å². The molecule has 1 aromatic heterocycles. The highest BCUT2D eigenvalue weighted by molar-refractivity contribution is 5.55. The number of nitrogens with one attached hydrogen (secondary N) is 2. The maximum absolute atomic E-state index is 10.9. The number of aromatic nitrogens is 1. The van der Waals surface area contributed by atoms with E-state index in [-0.39, 0.29) is 24.3 Å². The number of pyridine rings is 1. The molecule has 0 saturated heterocycles. The minimum atomic E-state index is -0.440. The van der Waals surface area contributed by atoms with Gasteiger partial charge in [0, 0.05) is 19.2 Å². The van der Waals surface area contributed by atoms with Gasteiger partial charge in [-0.2, -0.15) is 0 Å². The lowest BCUT2D eigenvalue weighted by atomic mass is 10.0. The van der Waals surface area contributed by atoms with Crippen LogP contribution >= 0.6 is 0 Å². The molecule has 1 atom stereocenters. The Kier molecular flexibility index (Phi) is 6.17. The van der Waals surface area contributed by atoms with Crippen LogP contribution in [0.2, 0.25) is 0 Å². The molecule has 1 aromatic rings. The fourth-order valence-corrected chi connectivity index (χ4v) is 1.87. The molecule has 1 heterocycles. The van der Waals surface area contributed by atoms with E-state index in [0.717, 1.165) is 0 Å². The SMILES string of the molecule is CCNc1cc([N+](=O)[O-])cc(NC(CCO)C(C)C)n1. The van der Waals surface area contributed by atoms with Crippen molar-refractivity contribution in [1.82, 2.24) is 4.98 Å². The van der Waals surface area contributed by atoms with Crippen molar-refractivity contribution in [3.05, 3.63) is 22.2 Å². The van der Waals surface area contributed by atoms with Crippen molar-refractivity contribution in [2.45, 2.75) is 33.2 Å². The Bertz CT molecular complexity index is 451. The summed E-state index contributed by atoms with van der Waals surface area (Å²) >= 11 is 0. The van der Waals surface area contributed by atoms with Gasteiger partial charge in [0.15, 0.2) is 0 Å². The van der Waals surface area contributed by atoms with Gasteiger partial charge in [0.1, 0.15) is 11.6 Å². The zero-order valence-electron chi connectivity index (χ0n) is 12.1. The molecule has 0 aliphatic carbocycles. The first-order valence-corrected chi connectivity index (χ1v) is 6.75. The lowest BCUT2D eigenvalue weighted by Crippen LogP contribution is -2.27. The van der Waals surface area contributed by atoms with Crippen LogP contribution in [0.15, 0.2) is 12.1 Å². The highest BCUT2D eigenvalue weighted by Gasteiger charge is 2.16. The average Bonchev–Trinajstić information content (AvgIpc) is 2.38. The summed E-state index contributed by atoms with van der Waals surface area (Å²) in [4.78, 5) is 14.8. The third-order valence-electron chi connectivity index (χ3n) is 2.96. The highest BCUT2D eigenvalue weighted by Crippen LogP contribution is 2.22. The topological polar surface area (TPSA) is 100 Å². The molecule has 0 aromatic carbocycles. The molecular formula is C13H22N4O3. The van der Waals surface area contributed by atoms with Crippen molar-refractivity contribution in [2.24, 2.45) is 5.92 Å². The number of hydrogen-bond acceptors (Lipinski definition) is 6. The van der Waals surface area contributed by atoms with Crippen LogP contribution in [0.3, 0.4) is 0 Å². The summed E-state index contributed by atoms with van der Waals surface area (Å²) in [6, 6.07) is 2.84. The molecule has 112 valence electrons. The predicted molar refractivity (Wildman–Crippen MR) is 79.0 cm³/mol. The van der Waals surface area contributed by atoms with Gasteiger partial charge in [-0.25, -0.2) is 4.98 Å². The summed E-state index contributed by atoms with van der Waals surface area (Å²) in [5.74, 6) is 1.20. The quantitative estimate of drug-likeness (QED) is 0.499. The van der Waals surface area contributed by atoms with E-state index >= 15 is 0 Å². The van der Waals surface area contributed by atoms with E-state index in [1.165, 1.54) is 12.1 Å². The van der Waals surface area contributed by atoms with E-state index in [1.807, 2.05) is 20.8 Å². The van der Waals surface area contributed by atoms with Crippen molar-refractivity contribution < 1.29 is 10.0 Å². The normalized spacial score (nSPS) is 12.2. The van der Waals surface area contributed by atoms with Crippen LogP contribution in [0.25, 0.3) is 0 Å². The molecule has 0 saturated carbocycles. The first kappa shape index (κ1) is 16.2. The van der Waals surface area contributed by atoms with Crippen molar-refractivity contribution in [3.8, 4) is 0 Å². The van der Waals surface area contributed by atoms with Crippen LogP contribution in [-0.2, 0) is 0 Å². The largest absolute Gasteiger partial charge is 0.396 e. The summed E-state index contributed by atoms with van der Waals surface area (Å²) in [6.07, 6.45) is 0.568. The third kappa shape index (κ3) is 4.65. The van der Waals surface area contributed by atoms with Gasteiger partial charge < -0.3 is 15.7 Å². The van der Waals surface area contributed by atoms with E-state index in [1.54, 1.807) is 0 Å². The molecule has 7 heteroatoms. The Morgan fingerprint density at radius 2 is 2.05 bits per heavy atom. The predicted octanol–water partition coefficient (Wildman–Crippen LogP) is 2.24. The van der Waals surface area contributed by atoms with E-state index in [2.05, 4.69) is 15.6 Å². The zero-order chi connectivity index (χ0) is 15.1. The molecule has 3 N–H and O–H groups in total. The number of hydrogen-bond donors (Lipinski definition) is 3. The third-order valence-corrected chi connectivity index (χ3v) is 2.96. The second-order valence-corrected chi connectivity index (χ2v) is 4.89. The summed E-state index contributed by atoms with van der Waals surface area (Å²) in [5, 5.41) is 26.1. The Morgan fingerprint density at radius 3 is 2.55 bits per heavy atom. The molecule has 0 spiro atoms. The first-order chi connectivity index (χ1) is 9.47. The highest BCUT2D eigenvalue weighted by atomic mass is 16.6. The Hall–Kier alpha value is -1.89. The van der Waals surface area contributed by atoms with Crippen LogP contribution < -0.4 is 10.6 Å². The Morgan fingerprint density at radius 1 is 1.40 bits per heavy atom. The van der Waals surface area contributed by atoms with Crippen LogP contribution in [0.4, 0.5) is 17.3 Å². The number of aliphatic hydroxyl groups is 1. The molecule has 1 unspecified atom stereocenters. The smallest absolute Gasteiger partial charge is 0.276 e. The fourth-order valence-electron chi connectivity index (χ4n) is 1.87. The summed E-state index contributed by atoms with van der Waals surface area (Å²) in [7, 11) is 0. The maximum Gasteiger partial charge on any atom is 0.276 e. The Labute approximate surface area is 118 Å². The standard InChI is InChI=1S/C13H22N4O3/c1-4-14-12-7-10(17(19)20)8-13(16-12)15-11(5-6-18)9(2)3/h7-9,11,18H,4-6H2,1-3H3,(H2,14,15,16). The second kappa shape index (κ2) is 7.64. The van der Waals surface area contributed by atoms with Crippen LogP contribution in [0.1, 0.15) is 27.2 Å². The molecule has 0 amide bonds. The van der Waals surface area contributed by atoms with E-state index in [4.69, 9.17) is 5.11 Å². The average molecular weight is 282 g/mol. The molecule has 7 nitrogen and oxygen atoms in total. The summed E-state index contributed by atoms with van der Waals surface area (Å²) in [5.41, 5.74) is -0.00930. The summed E-state index contributed by atoms with van der Waals surface area (Å²) < 4.78 is 0. The van der Waals surface area contributed by atoms with Gasteiger partial charge in [0.05, 0.1) is 17.1 Å². The van der Waals surface area contributed by atoms with Gasteiger partial charge in [-0.3, -0.25) is 10.1 Å². The van der Waals surface area contributed by atoms with Gasteiger partial charge in [-0.05, 0) is 19.3 Å². The zero-order valence-corrected chi connectivity index (χ0v) is 12.1. The van der Waals surface area contributed by atoms with Crippen molar-refractivity contribution >= 4 is 17.3 Å². The van der Waals surface area contributed by atoms with E-state index in [9.17, 15) is 10.1 Å².